The number of esters is 1. The number of ketones is 1. The van der Waals surface area contributed by atoms with Gasteiger partial charge in [0.25, 0.3) is 0 Å². The van der Waals surface area contributed by atoms with Crippen LogP contribution in [0.5, 0.6) is 0 Å². The first-order chi connectivity index (χ1) is 5.02. The van der Waals surface area contributed by atoms with E-state index in [1.165, 1.54) is 14.0 Å². The molecule has 62 valence electrons. The number of methoxy groups -OCH3 is 1. The number of Topliss-reactive ketones (excluding diaryl/α,β-unsaturated/α-hetero) is 1. The molecule has 0 bridgehead atoms. The number of halogens is 1. The molecule has 0 aromatic heterocycles. The largest absolute Gasteiger partial charge is 0.469 e. The van der Waals surface area contributed by atoms with E-state index >= 15 is 0 Å². The van der Waals surface area contributed by atoms with Crippen molar-refractivity contribution in [3.05, 3.63) is 0 Å². The number of alkyl halides is 1. The predicted octanol–water partition coefficient (Wildman–Crippen LogP) is 0.902. The van der Waals surface area contributed by atoms with E-state index in [1.807, 2.05) is 0 Å². The van der Waals surface area contributed by atoms with E-state index in [9.17, 15) is 9.59 Å². The molecule has 0 spiro atoms. The highest BCUT2D eigenvalue weighted by atomic mass is 79.9. The summed E-state index contributed by atoms with van der Waals surface area (Å²) in [5.41, 5.74) is 0. The molecule has 0 heterocycles. The Balaban J connectivity index is 2.60. The minimum Gasteiger partial charge on any atom is -0.469 e. The Hall–Kier alpha value is -0.380. The van der Waals surface area contributed by atoms with Gasteiger partial charge < -0.3 is 4.74 Å². The molecule has 11 heavy (non-hydrogen) atoms. The molecular weight excluding hydrogens is 212 g/mol. The van der Waals surface area contributed by atoms with Crippen LogP contribution in [-0.4, -0.2) is 23.2 Å². The number of ether oxygens (including phenoxy) is 1. The van der Waals surface area contributed by atoms with Gasteiger partial charge in [-0.2, -0.15) is 0 Å². The van der Waals surface area contributed by atoms with Crippen LogP contribution in [0.4, 0.5) is 0 Å². The minimum atomic E-state index is -0.611. The highest BCUT2D eigenvalue weighted by Gasteiger charge is 2.61. The molecule has 1 saturated carbocycles. The van der Waals surface area contributed by atoms with Crippen molar-refractivity contribution in [1.82, 2.24) is 0 Å². The molecule has 2 atom stereocenters. The Morgan fingerprint density at radius 2 is 2.18 bits per heavy atom. The molecule has 0 aromatic carbocycles. The van der Waals surface area contributed by atoms with Gasteiger partial charge in [0.2, 0.25) is 0 Å². The van der Waals surface area contributed by atoms with Crippen molar-refractivity contribution in [2.45, 2.75) is 17.7 Å². The summed E-state index contributed by atoms with van der Waals surface area (Å²) in [6.07, 6.45) is 0.564. The molecule has 0 saturated heterocycles. The summed E-state index contributed by atoms with van der Waals surface area (Å²) < 4.78 is 3.89. The lowest BCUT2D eigenvalue weighted by Crippen LogP contribution is -2.18. The maximum absolute atomic E-state index is 10.9. The van der Waals surface area contributed by atoms with Crippen molar-refractivity contribution in [1.29, 1.82) is 0 Å². The SMILES string of the molecule is COC(=O)C1CC1(Br)C(C)=O. The Kier molecular flexibility index (Phi) is 2.05. The first-order valence-electron chi connectivity index (χ1n) is 3.30. The molecule has 3 nitrogen and oxygen atoms in total. The van der Waals surface area contributed by atoms with E-state index in [0.29, 0.717) is 6.42 Å². The third-order valence-electron chi connectivity index (χ3n) is 1.96. The Morgan fingerprint density at radius 3 is 2.45 bits per heavy atom. The lowest BCUT2D eigenvalue weighted by atomic mass is 10.2. The van der Waals surface area contributed by atoms with Gasteiger partial charge in [0.05, 0.1) is 17.4 Å². The summed E-state index contributed by atoms with van der Waals surface area (Å²) >= 11 is 3.21. The topological polar surface area (TPSA) is 43.4 Å². The van der Waals surface area contributed by atoms with Crippen molar-refractivity contribution in [3.63, 3.8) is 0 Å². The van der Waals surface area contributed by atoms with Crippen LogP contribution in [0.15, 0.2) is 0 Å². The lowest BCUT2D eigenvalue weighted by molar-refractivity contribution is -0.143. The van der Waals surface area contributed by atoms with Crippen LogP contribution in [0.1, 0.15) is 13.3 Å². The number of carbonyl (C=O) groups is 2. The van der Waals surface area contributed by atoms with Crippen LogP contribution in [-0.2, 0) is 14.3 Å². The molecule has 1 aliphatic carbocycles. The van der Waals surface area contributed by atoms with Gasteiger partial charge in [-0.3, -0.25) is 9.59 Å². The molecule has 4 heteroatoms. The second-order valence-electron chi connectivity index (χ2n) is 2.70. The van der Waals surface area contributed by atoms with Crippen LogP contribution in [0.2, 0.25) is 0 Å². The molecule has 0 N–H and O–H groups in total. The van der Waals surface area contributed by atoms with E-state index in [4.69, 9.17) is 0 Å². The van der Waals surface area contributed by atoms with Crippen molar-refractivity contribution < 1.29 is 14.3 Å². The highest BCUT2D eigenvalue weighted by Crippen LogP contribution is 2.52. The lowest BCUT2D eigenvalue weighted by Gasteiger charge is -2.01. The van der Waals surface area contributed by atoms with E-state index in [1.54, 1.807) is 0 Å². The van der Waals surface area contributed by atoms with Crippen LogP contribution < -0.4 is 0 Å². The summed E-state index contributed by atoms with van der Waals surface area (Å²) in [5.74, 6) is -0.588. The van der Waals surface area contributed by atoms with Gasteiger partial charge in [-0.15, -0.1) is 0 Å². The molecular formula is C7H9BrO3. The van der Waals surface area contributed by atoms with Crippen LogP contribution in [0, 0.1) is 5.92 Å². The zero-order valence-electron chi connectivity index (χ0n) is 6.39. The molecule has 0 amide bonds. The maximum Gasteiger partial charge on any atom is 0.310 e. The second-order valence-corrected chi connectivity index (χ2v) is 4.11. The van der Waals surface area contributed by atoms with Gasteiger partial charge in [0.1, 0.15) is 5.78 Å². The molecule has 0 aromatic rings. The fraction of sp³-hybridized carbons (Fsp3) is 0.714. The average molecular weight is 221 g/mol. The molecule has 0 radical (unpaired) electrons. The normalized spacial score (nSPS) is 34.6. The number of rotatable bonds is 2. The standard InChI is InChI=1S/C7H9BrO3/c1-4(9)7(8)3-5(7)6(10)11-2/h5H,3H2,1-2H3. The van der Waals surface area contributed by atoms with E-state index in [2.05, 4.69) is 20.7 Å². The van der Waals surface area contributed by atoms with Crippen molar-refractivity contribution in [3.8, 4) is 0 Å². The van der Waals surface area contributed by atoms with Gasteiger partial charge in [-0.25, -0.2) is 0 Å². The molecule has 1 fully saturated rings. The van der Waals surface area contributed by atoms with Crippen LogP contribution >= 0.6 is 15.9 Å². The zero-order valence-corrected chi connectivity index (χ0v) is 7.97. The highest BCUT2D eigenvalue weighted by molar-refractivity contribution is 9.10. The smallest absolute Gasteiger partial charge is 0.310 e. The quantitative estimate of drug-likeness (QED) is 0.514. The summed E-state index contributed by atoms with van der Waals surface area (Å²) in [5, 5.41) is 0. The maximum atomic E-state index is 10.9. The summed E-state index contributed by atoms with van der Waals surface area (Å²) in [4.78, 5) is 21.8. The number of hydrogen-bond donors (Lipinski definition) is 0. The van der Waals surface area contributed by atoms with E-state index in [-0.39, 0.29) is 17.7 Å². The van der Waals surface area contributed by atoms with Crippen molar-refractivity contribution in [2.75, 3.05) is 7.11 Å². The van der Waals surface area contributed by atoms with E-state index < -0.39 is 4.32 Å². The van der Waals surface area contributed by atoms with Gasteiger partial charge >= 0.3 is 5.97 Å². The Bertz CT molecular complexity index is 214. The van der Waals surface area contributed by atoms with Gasteiger partial charge in [0, 0.05) is 0 Å². The van der Waals surface area contributed by atoms with Crippen molar-refractivity contribution in [2.24, 2.45) is 5.92 Å². The van der Waals surface area contributed by atoms with Crippen molar-refractivity contribution >= 4 is 27.7 Å². The number of carbonyl (C=O) groups excluding carboxylic acids is 2. The minimum absolute atomic E-state index is 0.00657. The Labute approximate surface area is 73.2 Å². The Morgan fingerprint density at radius 1 is 1.64 bits per heavy atom. The molecule has 2 unspecified atom stereocenters. The average Bonchev–Trinajstić information content (AvgIpc) is 2.63. The number of hydrogen-bond acceptors (Lipinski definition) is 3. The summed E-state index contributed by atoms with van der Waals surface area (Å²) in [6.45, 7) is 1.47. The molecule has 1 aliphatic rings. The monoisotopic (exact) mass is 220 g/mol. The molecule has 1 rings (SSSR count). The third-order valence-corrected chi connectivity index (χ3v) is 3.40. The first-order valence-corrected chi connectivity index (χ1v) is 4.09. The van der Waals surface area contributed by atoms with Crippen LogP contribution in [0.3, 0.4) is 0 Å². The molecule has 0 aliphatic heterocycles. The van der Waals surface area contributed by atoms with Gasteiger partial charge in [0.15, 0.2) is 0 Å². The summed E-state index contributed by atoms with van der Waals surface area (Å²) in [7, 11) is 1.33. The van der Waals surface area contributed by atoms with Gasteiger partial charge in [-0.1, -0.05) is 15.9 Å². The van der Waals surface area contributed by atoms with Crippen LogP contribution in [0.25, 0.3) is 0 Å². The summed E-state index contributed by atoms with van der Waals surface area (Å²) in [6, 6.07) is 0. The zero-order chi connectivity index (χ0) is 8.65. The third kappa shape index (κ3) is 1.31. The predicted molar refractivity (Wildman–Crippen MR) is 42.5 cm³/mol. The fourth-order valence-corrected chi connectivity index (χ4v) is 1.55. The van der Waals surface area contributed by atoms with Gasteiger partial charge in [-0.05, 0) is 13.3 Å². The van der Waals surface area contributed by atoms with E-state index in [0.717, 1.165) is 0 Å². The first kappa shape index (κ1) is 8.71. The second kappa shape index (κ2) is 2.59. The fourth-order valence-electron chi connectivity index (χ4n) is 1.04.